The molecule has 0 aliphatic heterocycles. The van der Waals surface area contributed by atoms with E-state index in [4.69, 9.17) is 10.7 Å². The zero-order chi connectivity index (χ0) is 20.2. The first kappa shape index (κ1) is 18.9. The Morgan fingerprint density at radius 2 is 1.59 bits per heavy atom. The second-order valence-electron chi connectivity index (χ2n) is 6.82. The van der Waals surface area contributed by atoms with Gasteiger partial charge in [0.05, 0.1) is 17.3 Å². The van der Waals surface area contributed by atoms with Gasteiger partial charge in [0.2, 0.25) is 0 Å². The lowest BCUT2D eigenvalue weighted by molar-refractivity contribution is 0.196. The first-order valence-electron chi connectivity index (χ1n) is 9.41. The summed E-state index contributed by atoms with van der Waals surface area (Å²) in [5.41, 5.74) is 10.2. The number of nitrogens with zero attached hydrogens (tertiary/aromatic N) is 2. The van der Waals surface area contributed by atoms with Crippen LogP contribution in [0.5, 0.6) is 5.75 Å². The van der Waals surface area contributed by atoms with Crippen LogP contribution in [-0.2, 0) is 0 Å². The fraction of sp³-hybridized carbons (Fsp3) is 0.130. The van der Waals surface area contributed by atoms with Gasteiger partial charge < -0.3 is 21.3 Å². The summed E-state index contributed by atoms with van der Waals surface area (Å²) in [7, 11) is 0. The van der Waals surface area contributed by atoms with Gasteiger partial charge in [0.25, 0.3) is 0 Å². The Bertz CT molecular complexity index is 1110. The Hall–Kier alpha value is -3.48. The van der Waals surface area contributed by atoms with Gasteiger partial charge >= 0.3 is 0 Å². The SMILES string of the molecule is NCC(O)CNc1nc(-c2ccc(-c3ccc(O)cc3)cc2)cc2ncccc12. The lowest BCUT2D eigenvalue weighted by Gasteiger charge is -2.14. The lowest BCUT2D eigenvalue weighted by Crippen LogP contribution is -2.28. The molecule has 0 saturated heterocycles. The zero-order valence-electron chi connectivity index (χ0n) is 15.8. The van der Waals surface area contributed by atoms with Crippen LogP contribution in [0.2, 0.25) is 0 Å². The molecule has 1 atom stereocenters. The van der Waals surface area contributed by atoms with Crippen molar-refractivity contribution in [3.8, 4) is 28.1 Å². The van der Waals surface area contributed by atoms with Crippen molar-refractivity contribution in [1.82, 2.24) is 9.97 Å². The van der Waals surface area contributed by atoms with E-state index >= 15 is 0 Å². The molecule has 0 fully saturated rings. The molecule has 0 bridgehead atoms. The molecule has 4 aromatic rings. The number of fused-ring (bicyclic) bond motifs is 1. The van der Waals surface area contributed by atoms with Crippen molar-refractivity contribution in [3.63, 3.8) is 0 Å². The summed E-state index contributed by atoms with van der Waals surface area (Å²) in [5, 5.41) is 23.3. The largest absolute Gasteiger partial charge is 0.508 e. The van der Waals surface area contributed by atoms with Crippen molar-refractivity contribution in [2.24, 2.45) is 5.73 Å². The zero-order valence-corrected chi connectivity index (χ0v) is 15.8. The number of benzene rings is 2. The van der Waals surface area contributed by atoms with E-state index in [-0.39, 0.29) is 12.3 Å². The normalized spacial score (nSPS) is 12.1. The molecule has 4 rings (SSSR count). The van der Waals surface area contributed by atoms with Crippen LogP contribution in [-0.4, -0.2) is 39.4 Å². The Balaban J connectivity index is 1.68. The molecule has 0 saturated carbocycles. The number of hydrogen-bond donors (Lipinski definition) is 4. The Morgan fingerprint density at radius 3 is 2.28 bits per heavy atom. The second kappa shape index (κ2) is 8.26. The van der Waals surface area contributed by atoms with Crippen LogP contribution in [0.3, 0.4) is 0 Å². The van der Waals surface area contributed by atoms with Crippen LogP contribution in [0.25, 0.3) is 33.3 Å². The number of hydrogen-bond acceptors (Lipinski definition) is 6. The predicted molar refractivity (Wildman–Crippen MR) is 116 cm³/mol. The number of pyridine rings is 2. The molecule has 1 unspecified atom stereocenters. The van der Waals surface area contributed by atoms with Gasteiger partial charge in [-0.1, -0.05) is 36.4 Å². The van der Waals surface area contributed by atoms with Crippen molar-refractivity contribution < 1.29 is 10.2 Å². The van der Waals surface area contributed by atoms with Gasteiger partial charge in [-0.15, -0.1) is 0 Å². The highest BCUT2D eigenvalue weighted by Gasteiger charge is 2.10. The van der Waals surface area contributed by atoms with Gasteiger partial charge in [0.15, 0.2) is 0 Å². The molecule has 2 aromatic carbocycles. The van der Waals surface area contributed by atoms with E-state index in [1.807, 2.05) is 54.6 Å². The van der Waals surface area contributed by atoms with E-state index in [0.717, 1.165) is 33.3 Å². The van der Waals surface area contributed by atoms with E-state index in [1.54, 1.807) is 18.3 Å². The summed E-state index contributed by atoms with van der Waals surface area (Å²) >= 11 is 0. The van der Waals surface area contributed by atoms with E-state index in [1.165, 1.54) is 0 Å². The maximum absolute atomic E-state index is 9.79. The molecule has 0 spiro atoms. The molecule has 5 N–H and O–H groups in total. The van der Waals surface area contributed by atoms with Crippen molar-refractivity contribution in [2.45, 2.75) is 6.10 Å². The molecule has 6 heteroatoms. The summed E-state index contributed by atoms with van der Waals surface area (Å²) in [6, 6.07) is 21.0. The maximum Gasteiger partial charge on any atom is 0.136 e. The van der Waals surface area contributed by atoms with Gasteiger partial charge in [0.1, 0.15) is 11.6 Å². The minimum atomic E-state index is -0.642. The summed E-state index contributed by atoms with van der Waals surface area (Å²) < 4.78 is 0. The fourth-order valence-corrected chi connectivity index (χ4v) is 3.14. The number of aliphatic hydroxyl groups excluding tert-OH is 1. The molecular formula is C23H22N4O2. The Morgan fingerprint density at radius 1 is 0.931 bits per heavy atom. The number of nitrogens with two attached hydrogens (primary N) is 1. The first-order valence-corrected chi connectivity index (χ1v) is 9.41. The monoisotopic (exact) mass is 386 g/mol. The average molecular weight is 386 g/mol. The minimum absolute atomic E-state index is 0.182. The highest BCUT2D eigenvalue weighted by atomic mass is 16.3. The number of phenolic OH excluding ortho intramolecular Hbond substituents is 1. The van der Waals surface area contributed by atoms with Crippen molar-refractivity contribution in [2.75, 3.05) is 18.4 Å². The quantitative estimate of drug-likeness (QED) is 0.405. The number of nitrogens with one attached hydrogen (secondary N) is 1. The topological polar surface area (TPSA) is 104 Å². The van der Waals surface area contributed by atoms with Crippen LogP contribution in [0.1, 0.15) is 0 Å². The van der Waals surface area contributed by atoms with Crippen LogP contribution in [0.15, 0.2) is 72.9 Å². The molecule has 0 amide bonds. The third-order valence-electron chi connectivity index (χ3n) is 4.76. The highest BCUT2D eigenvalue weighted by Crippen LogP contribution is 2.29. The van der Waals surface area contributed by atoms with Crippen LogP contribution >= 0.6 is 0 Å². The van der Waals surface area contributed by atoms with E-state index < -0.39 is 6.10 Å². The van der Waals surface area contributed by atoms with E-state index in [0.29, 0.717) is 12.4 Å². The molecule has 29 heavy (non-hydrogen) atoms. The summed E-state index contributed by atoms with van der Waals surface area (Å²) in [4.78, 5) is 9.21. The van der Waals surface area contributed by atoms with Gasteiger partial charge in [-0.3, -0.25) is 4.98 Å². The standard InChI is InChI=1S/C23H22N4O2/c24-13-19(29)14-26-23-20-2-1-11-25-22(20)12-21(27-23)17-5-3-15(4-6-17)16-7-9-18(28)10-8-16/h1-12,19,28-29H,13-14,24H2,(H,26,27). The average Bonchev–Trinajstić information content (AvgIpc) is 2.77. The molecule has 0 aliphatic rings. The van der Waals surface area contributed by atoms with Gasteiger partial charge in [-0.25, -0.2) is 4.98 Å². The predicted octanol–water partition coefficient (Wildman–Crippen LogP) is 3.40. The van der Waals surface area contributed by atoms with Crippen molar-refractivity contribution in [1.29, 1.82) is 0 Å². The van der Waals surface area contributed by atoms with E-state index in [9.17, 15) is 10.2 Å². The number of rotatable bonds is 6. The van der Waals surface area contributed by atoms with Gasteiger partial charge in [0, 0.05) is 30.2 Å². The van der Waals surface area contributed by atoms with Gasteiger partial charge in [-0.05, 0) is 41.5 Å². The third-order valence-corrected chi connectivity index (χ3v) is 4.76. The third kappa shape index (κ3) is 4.18. The summed E-state index contributed by atoms with van der Waals surface area (Å²) in [5.74, 6) is 0.915. The number of aliphatic hydroxyl groups is 1. The van der Waals surface area contributed by atoms with Crippen LogP contribution in [0, 0.1) is 0 Å². The molecular weight excluding hydrogens is 364 g/mol. The van der Waals surface area contributed by atoms with E-state index in [2.05, 4.69) is 10.3 Å². The number of aromatic hydroxyl groups is 1. The molecule has 6 nitrogen and oxygen atoms in total. The second-order valence-corrected chi connectivity index (χ2v) is 6.82. The molecule has 0 radical (unpaired) electrons. The maximum atomic E-state index is 9.79. The number of phenols is 1. The van der Waals surface area contributed by atoms with Gasteiger partial charge in [-0.2, -0.15) is 0 Å². The Kier molecular flexibility index (Phi) is 5.37. The summed E-state index contributed by atoms with van der Waals surface area (Å²) in [6.45, 7) is 0.498. The van der Waals surface area contributed by atoms with Crippen LogP contribution < -0.4 is 11.1 Å². The Labute approximate surface area is 168 Å². The van der Waals surface area contributed by atoms with Crippen molar-refractivity contribution in [3.05, 3.63) is 72.9 Å². The smallest absolute Gasteiger partial charge is 0.136 e. The lowest BCUT2D eigenvalue weighted by atomic mass is 10.0. The van der Waals surface area contributed by atoms with Crippen molar-refractivity contribution >= 4 is 16.7 Å². The number of anilines is 1. The molecule has 146 valence electrons. The first-order chi connectivity index (χ1) is 14.1. The minimum Gasteiger partial charge on any atom is -0.508 e. The molecule has 0 aliphatic carbocycles. The number of aromatic nitrogens is 2. The summed E-state index contributed by atoms with van der Waals surface area (Å²) in [6.07, 6.45) is 1.11. The molecule has 2 heterocycles. The fourth-order valence-electron chi connectivity index (χ4n) is 3.14. The molecule has 2 aromatic heterocycles. The van der Waals surface area contributed by atoms with Crippen LogP contribution in [0.4, 0.5) is 5.82 Å². The highest BCUT2D eigenvalue weighted by molar-refractivity contribution is 5.92.